The lowest BCUT2D eigenvalue weighted by Crippen LogP contribution is -2.21. The summed E-state index contributed by atoms with van der Waals surface area (Å²) in [5.74, 6) is -0.365. The molecular formula is C24H27IN2O3. The summed E-state index contributed by atoms with van der Waals surface area (Å²) in [4.78, 5) is 16.2. The van der Waals surface area contributed by atoms with Gasteiger partial charge in [-0.15, -0.1) is 0 Å². The summed E-state index contributed by atoms with van der Waals surface area (Å²) < 4.78 is 5.06. The Morgan fingerprint density at radius 2 is 1.47 bits per heavy atom. The summed E-state index contributed by atoms with van der Waals surface area (Å²) in [5, 5.41) is 9.98. The molecule has 0 amide bonds. The molecule has 5 nitrogen and oxygen atoms in total. The number of hydrogen-bond donors (Lipinski definition) is 1. The van der Waals surface area contributed by atoms with Crippen LogP contribution in [0.25, 0.3) is 12.2 Å². The summed E-state index contributed by atoms with van der Waals surface area (Å²) in [6.07, 6.45) is 7.65. The zero-order chi connectivity index (χ0) is 21.9. The third-order valence-corrected chi connectivity index (χ3v) is 4.86. The fraction of sp³-hybridized carbons (Fsp3) is 0.208. The van der Waals surface area contributed by atoms with Gasteiger partial charge in [-0.1, -0.05) is 36.4 Å². The van der Waals surface area contributed by atoms with Crippen LogP contribution in [0.15, 0.2) is 72.5 Å². The fourth-order valence-electron chi connectivity index (χ4n) is 2.63. The second kappa shape index (κ2) is 12.2. The van der Waals surface area contributed by atoms with Crippen LogP contribution in [-0.4, -0.2) is 45.2 Å². The van der Waals surface area contributed by atoms with E-state index in [0.717, 1.165) is 29.0 Å². The Balaban J connectivity index is 1.93. The Morgan fingerprint density at radius 1 is 0.933 bits per heavy atom. The van der Waals surface area contributed by atoms with Gasteiger partial charge in [0.25, 0.3) is 0 Å². The number of ketones is 1. The van der Waals surface area contributed by atoms with Crippen LogP contribution in [0.5, 0.6) is 0 Å². The Hall–Kier alpha value is -2.58. The standard InChI is InChI=1S/C24H27IN2O3/c1-26(2)21-10-4-19(5-11-21)8-14-23(28)18-24(29)15-9-20-6-12-22(13-7-20)27(3)16-17-30-25/h4-15,18,28H,16-17H2,1-3H3/b14-8+,15-9+,23-18-. The number of nitrogens with zero attached hydrogens (tertiary/aromatic N) is 2. The van der Waals surface area contributed by atoms with Crippen molar-refractivity contribution in [1.82, 2.24) is 0 Å². The van der Waals surface area contributed by atoms with Crippen LogP contribution in [0, 0.1) is 0 Å². The zero-order valence-electron chi connectivity index (χ0n) is 17.5. The van der Waals surface area contributed by atoms with Gasteiger partial charge in [-0.3, -0.25) is 4.79 Å². The van der Waals surface area contributed by atoms with Crippen LogP contribution in [0.4, 0.5) is 11.4 Å². The van der Waals surface area contributed by atoms with Gasteiger partial charge in [0.05, 0.1) is 6.61 Å². The Bertz CT molecular complexity index is 901. The van der Waals surface area contributed by atoms with E-state index in [4.69, 9.17) is 3.07 Å². The molecule has 0 atom stereocenters. The first kappa shape index (κ1) is 23.7. The second-order valence-corrected chi connectivity index (χ2v) is 7.57. The van der Waals surface area contributed by atoms with Gasteiger partial charge in [0.15, 0.2) is 5.78 Å². The molecule has 0 fully saturated rings. The molecule has 0 aromatic heterocycles. The molecule has 0 aliphatic rings. The Morgan fingerprint density at radius 3 is 2.00 bits per heavy atom. The number of aliphatic hydroxyl groups excluding tert-OH is 1. The monoisotopic (exact) mass is 518 g/mol. The van der Waals surface area contributed by atoms with Crippen LogP contribution in [0.3, 0.4) is 0 Å². The van der Waals surface area contributed by atoms with Gasteiger partial charge in [0.1, 0.15) is 28.8 Å². The average Bonchev–Trinajstić information content (AvgIpc) is 2.75. The lowest BCUT2D eigenvalue weighted by molar-refractivity contribution is -0.110. The minimum absolute atomic E-state index is 0.0872. The first-order valence-corrected chi connectivity index (χ1v) is 10.4. The number of rotatable bonds is 10. The Kier molecular flexibility index (Phi) is 9.63. The van der Waals surface area contributed by atoms with Crippen LogP contribution in [-0.2, 0) is 7.86 Å². The largest absolute Gasteiger partial charge is 0.508 e. The van der Waals surface area contributed by atoms with Crippen molar-refractivity contribution in [3.63, 3.8) is 0 Å². The van der Waals surface area contributed by atoms with Gasteiger partial charge >= 0.3 is 0 Å². The van der Waals surface area contributed by atoms with E-state index in [0.29, 0.717) is 6.61 Å². The maximum atomic E-state index is 12.1. The van der Waals surface area contributed by atoms with Crippen molar-refractivity contribution in [2.45, 2.75) is 0 Å². The maximum absolute atomic E-state index is 12.1. The molecule has 30 heavy (non-hydrogen) atoms. The first-order valence-electron chi connectivity index (χ1n) is 9.52. The second-order valence-electron chi connectivity index (χ2n) is 6.95. The summed E-state index contributed by atoms with van der Waals surface area (Å²) >= 11 is 1.89. The highest BCUT2D eigenvalue weighted by atomic mass is 127. The van der Waals surface area contributed by atoms with Crippen LogP contribution >= 0.6 is 23.0 Å². The minimum atomic E-state index is -0.277. The highest BCUT2D eigenvalue weighted by molar-refractivity contribution is 14.1. The predicted octanol–water partition coefficient (Wildman–Crippen LogP) is 5.29. The molecule has 2 rings (SSSR count). The fourth-order valence-corrected chi connectivity index (χ4v) is 2.82. The van der Waals surface area contributed by atoms with Crippen LogP contribution in [0.2, 0.25) is 0 Å². The van der Waals surface area contributed by atoms with E-state index in [1.54, 1.807) is 12.2 Å². The third-order valence-electron chi connectivity index (χ3n) is 4.42. The molecule has 0 aliphatic carbocycles. The summed E-state index contributed by atoms with van der Waals surface area (Å²) in [6, 6.07) is 15.8. The molecule has 1 N–H and O–H groups in total. The molecule has 2 aromatic rings. The maximum Gasteiger partial charge on any atom is 0.182 e. The average molecular weight is 518 g/mol. The van der Waals surface area contributed by atoms with Gasteiger partial charge in [-0.2, -0.15) is 0 Å². The number of halogens is 1. The zero-order valence-corrected chi connectivity index (χ0v) is 19.6. The quantitative estimate of drug-likeness (QED) is 0.201. The lowest BCUT2D eigenvalue weighted by Gasteiger charge is -2.18. The molecule has 0 aliphatic heterocycles. The topological polar surface area (TPSA) is 53.0 Å². The third kappa shape index (κ3) is 8.04. The van der Waals surface area contributed by atoms with E-state index in [2.05, 4.69) is 4.90 Å². The molecule has 6 heteroatoms. The normalized spacial score (nSPS) is 11.9. The van der Waals surface area contributed by atoms with Crippen LogP contribution < -0.4 is 9.80 Å². The predicted molar refractivity (Wildman–Crippen MR) is 134 cm³/mol. The highest BCUT2D eigenvalue weighted by Crippen LogP contribution is 2.15. The van der Waals surface area contributed by atoms with E-state index in [-0.39, 0.29) is 11.5 Å². The van der Waals surface area contributed by atoms with Gasteiger partial charge in [-0.05, 0) is 47.5 Å². The molecule has 0 spiro atoms. The Labute approximate surface area is 192 Å². The number of likely N-dealkylation sites (N-methyl/N-ethyl adjacent to an activating group) is 1. The molecule has 0 heterocycles. The highest BCUT2D eigenvalue weighted by Gasteiger charge is 2.00. The number of carbonyl (C=O) groups is 1. The van der Waals surface area contributed by atoms with E-state index in [1.807, 2.05) is 97.6 Å². The molecular weight excluding hydrogens is 491 g/mol. The SMILES string of the molecule is CN(C)c1ccc(/C=C/C(O)=C/C(=O)/C=C/c2ccc(N(C)CCOI)cc2)cc1. The molecule has 2 aromatic carbocycles. The van der Waals surface area contributed by atoms with Gasteiger partial charge in [0, 0.05) is 45.1 Å². The summed E-state index contributed by atoms with van der Waals surface area (Å²) in [7, 11) is 5.96. The van der Waals surface area contributed by atoms with Crippen molar-refractivity contribution >= 4 is 52.3 Å². The summed E-state index contributed by atoms with van der Waals surface area (Å²) in [5.41, 5.74) is 4.03. The van der Waals surface area contributed by atoms with Crippen molar-refractivity contribution in [2.24, 2.45) is 0 Å². The summed E-state index contributed by atoms with van der Waals surface area (Å²) in [6.45, 7) is 1.45. The van der Waals surface area contributed by atoms with Crippen molar-refractivity contribution in [3.05, 3.63) is 83.6 Å². The van der Waals surface area contributed by atoms with E-state index in [1.165, 1.54) is 18.2 Å². The smallest absolute Gasteiger partial charge is 0.182 e. The molecule has 158 valence electrons. The molecule has 0 bridgehead atoms. The van der Waals surface area contributed by atoms with Crippen LogP contribution in [0.1, 0.15) is 11.1 Å². The number of anilines is 2. The molecule has 0 saturated carbocycles. The van der Waals surface area contributed by atoms with E-state index in [9.17, 15) is 9.90 Å². The van der Waals surface area contributed by atoms with Gasteiger partial charge < -0.3 is 18.0 Å². The van der Waals surface area contributed by atoms with Crippen molar-refractivity contribution in [1.29, 1.82) is 0 Å². The number of allylic oxidation sites excluding steroid dienone is 3. The molecule has 0 radical (unpaired) electrons. The van der Waals surface area contributed by atoms with Crippen molar-refractivity contribution in [3.8, 4) is 0 Å². The number of carbonyl (C=O) groups excluding carboxylic acids is 1. The van der Waals surface area contributed by atoms with Gasteiger partial charge in [0.2, 0.25) is 0 Å². The first-order chi connectivity index (χ1) is 14.4. The lowest BCUT2D eigenvalue weighted by atomic mass is 10.1. The molecule has 0 saturated heterocycles. The minimum Gasteiger partial charge on any atom is -0.508 e. The number of aliphatic hydroxyl groups is 1. The van der Waals surface area contributed by atoms with E-state index < -0.39 is 0 Å². The molecule has 0 unspecified atom stereocenters. The number of hydrogen-bond acceptors (Lipinski definition) is 5. The van der Waals surface area contributed by atoms with Crippen molar-refractivity contribution < 1.29 is 13.0 Å². The van der Waals surface area contributed by atoms with E-state index >= 15 is 0 Å². The number of benzene rings is 2. The van der Waals surface area contributed by atoms with Gasteiger partial charge in [-0.25, -0.2) is 0 Å². The van der Waals surface area contributed by atoms with Crippen molar-refractivity contribution in [2.75, 3.05) is 44.1 Å².